The van der Waals surface area contributed by atoms with Crippen LogP contribution < -0.4 is 4.74 Å². The molecule has 0 spiro atoms. The molecule has 0 aliphatic heterocycles. The Bertz CT molecular complexity index is 449. The second kappa shape index (κ2) is 8.12. The van der Waals surface area contributed by atoms with Crippen molar-refractivity contribution < 1.29 is 14.6 Å². The number of hydrogen-bond acceptors (Lipinski definition) is 3. The van der Waals surface area contributed by atoms with Crippen LogP contribution in [0.2, 0.25) is 5.02 Å². The van der Waals surface area contributed by atoms with Gasteiger partial charge < -0.3 is 14.7 Å². The number of nitrogens with zero attached hydrogens (tertiary/aromatic N) is 1. The molecule has 0 radical (unpaired) electrons. The number of hydrogen-bond donors (Lipinski definition) is 1. The van der Waals surface area contributed by atoms with Gasteiger partial charge in [0.05, 0.1) is 13.5 Å². The quantitative estimate of drug-likeness (QED) is 0.841. The summed E-state index contributed by atoms with van der Waals surface area (Å²) >= 11 is 5.97. The standard InChI is InChI=1S/C15H22ClNO3/c1-11(2)17(7-4-8-18)15(19)10-12-9-13(16)5-6-14(12)20-3/h5-6,9,11,18H,4,7-8,10H2,1-3H3. The summed E-state index contributed by atoms with van der Waals surface area (Å²) in [6.07, 6.45) is 0.823. The maximum atomic E-state index is 12.4. The number of ether oxygens (including phenoxy) is 1. The molecule has 1 rings (SSSR count). The van der Waals surface area contributed by atoms with Crippen LogP contribution in [0.4, 0.5) is 0 Å². The number of rotatable bonds is 7. The molecule has 20 heavy (non-hydrogen) atoms. The third-order valence-corrected chi connectivity index (χ3v) is 3.32. The molecule has 0 unspecified atom stereocenters. The van der Waals surface area contributed by atoms with Gasteiger partial charge in [-0.25, -0.2) is 0 Å². The van der Waals surface area contributed by atoms with Crippen molar-refractivity contribution in [2.75, 3.05) is 20.3 Å². The molecule has 0 saturated carbocycles. The van der Waals surface area contributed by atoms with Crippen LogP contribution in [0, 0.1) is 0 Å². The highest BCUT2D eigenvalue weighted by Gasteiger charge is 2.18. The fourth-order valence-corrected chi connectivity index (χ4v) is 2.26. The Labute approximate surface area is 125 Å². The molecule has 1 aromatic rings. The van der Waals surface area contributed by atoms with Gasteiger partial charge in [-0.2, -0.15) is 0 Å². The smallest absolute Gasteiger partial charge is 0.227 e. The van der Waals surface area contributed by atoms with Crippen LogP contribution in [-0.4, -0.2) is 42.2 Å². The Hall–Kier alpha value is -1.26. The SMILES string of the molecule is COc1ccc(Cl)cc1CC(=O)N(CCCO)C(C)C. The maximum Gasteiger partial charge on any atom is 0.227 e. The molecule has 0 aliphatic rings. The van der Waals surface area contributed by atoms with E-state index < -0.39 is 0 Å². The molecule has 112 valence electrons. The molecular formula is C15H22ClNO3. The number of methoxy groups -OCH3 is 1. The Morgan fingerprint density at radius 1 is 1.45 bits per heavy atom. The summed E-state index contributed by atoms with van der Waals surface area (Å²) in [4.78, 5) is 14.1. The summed E-state index contributed by atoms with van der Waals surface area (Å²) in [5.74, 6) is 0.669. The Kier molecular flexibility index (Phi) is 6.82. The zero-order chi connectivity index (χ0) is 15.1. The summed E-state index contributed by atoms with van der Waals surface area (Å²) < 4.78 is 5.25. The highest BCUT2D eigenvalue weighted by Crippen LogP contribution is 2.23. The minimum atomic E-state index is 0.00835. The summed E-state index contributed by atoms with van der Waals surface area (Å²) in [7, 11) is 1.57. The van der Waals surface area contributed by atoms with Gasteiger partial charge in [-0.1, -0.05) is 11.6 Å². The molecule has 4 nitrogen and oxygen atoms in total. The van der Waals surface area contributed by atoms with Crippen LogP contribution in [0.5, 0.6) is 5.75 Å². The number of benzene rings is 1. The van der Waals surface area contributed by atoms with E-state index >= 15 is 0 Å². The van der Waals surface area contributed by atoms with Crippen molar-refractivity contribution in [1.82, 2.24) is 4.90 Å². The zero-order valence-electron chi connectivity index (χ0n) is 12.2. The normalized spacial score (nSPS) is 10.7. The summed E-state index contributed by atoms with van der Waals surface area (Å²) in [6.45, 7) is 4.56. The van der Waals surface area contributed by atoms with Gasteiger partial charge in [0.1, 0.15) is 5.75 Å². The van der Waals surface area contributed by atoms with E-state index in [-0.39, 0.29) is 25.0 Å². The molecule has 0 bridgehead atoms. The first kappa shape index (κ1) is 16.8. The zero-order valence-corrected chi connectivity index (χ0v) is 13.0. The van der Waals surface area contributed by atoms with Gasteiger partial charge in [0, 0.05) is 29.8 Å². The molecule has 5 heteroatoms. The number of aliphatic hydroxyl groups excluding tert-OH is 1. The van der Waals surface area contributed by atoms with E-state index in [1.165, 1.54) is 0 Å². The second-order valence-corrected chi connectivity index (χ2v) is 5.33. The van der Waals surface area contributed by atoms with Crippen LogP contribution in [0.1, 0.15) is 25.8 Å². The number of carbonyl (C=O) groups is 1. The van der Waals surface area contributed by atoms with Crippen molar-refractivity contribution in [3.63, 3.8) is 0 Å². The largest absolute Gasteiger partial charge is 0.496 e. The molecular weight excluding hydrogens is 278 g/mol. The van der Waals surface area contributed by atoms with Gasteiger partial charge in [-0.15, -0.1) is 0 Å². The Morgan fingerprint density at radius 3 is 2.70 bits per heavy atom. The molecule has 0 fully saturated rings. The van der Waals surface area contributed by atoms with Crippen LogP contribution in [0.15, 0.2) is 18.2 Å². The summed E-state index contributed by atoms with van der Waals surface area (Å²) in [5, 5.41) is 9.49. The Morgan fingerprint density at radius 2 is 2.15 bits per heavy atom. The highest BCUT2D eigenvalue weighted by atomic mass is 35.5. The lowest BCUT2D eigenvalue weighted by Crippen LogP contribution is -2.39. The predicted molar refractivity (Wildman–Crippen MR) is 80.3 cm³/mol. The molecule has 0 aliphatic carbocycles. The molecule has 0 aromatic heterocycles. The van der Waals surface area contributed by atoms with Crippen LogP contribution in [0.25, 0.3) is 0 Å². The molecule has 0 saturated heterocycles. The Balaban J connectivity index is 2.84. The topological polar surface area (TPSA) is 49.8 Å². The lowest BCUT2D eigenvalue weighted by Gasteiger charge is -2.27. The lowest BCUT2D eigenvalue weighted by atomic mass is 10.1. The first-order chi connectivity index (χ1) is 9.49. The number of amides is 1. The predicted octanol–water partition coefficient (Wildman–Crippen LogP) is 2.51. The van der Waals surface area contributed by atoms with Crippen LogP contribution >= 0.6 is 11.6 Å². The first-order valence-electron chi connectivity index (χ1n) is 6.72. The molecule has 1 amide bonds. The molecule has 0 heterocycles. The fraction of sp³-hybridized carbons (Fsp3) is 0.533. The van der Waals surface area contributed by atoms with Crippen molar-refractivity contribution >= 4 is 17.5 Å². The highest BCUT2D eigenvalue weighted by molar-refractivity contribution is 6.30. The van der Waals surface area contributed by atoms with Crippen molar-refractivity contribution in [2.24, 2.45) is 0 Å². The van der Waals surface area contributed by atoms with Crippen LogP contribution in [-0.2, 0) is 11.2 Å². The molecule has 1 N–H and O–H groups in total. The number of halogens is 1. The summed E-state index contributed by atoms with van der Waals surface area (Å²) in [6, 6.07) is 5.35. The summed E-state index contributed by atoms with van der Waals surface area (Å²) in [5.41, 5.74) is 0.777. The third-order valence-electron chi connectivity index (χ3n) is 3.08. The van der Waals surface area contributed by atoms with E-state index in [9.17, 15) is 4.79 Å². The monoisotopic (exact) mass is 299 g/mol. The van der Waals surface area contributed by atoms with Gasteiger partial charge >= 0.3 is 0 Å². The second-order valence-electron chi connectivity index (χ2n) is 4.89. The molecule has 1 aromatic carbocycles. The minimum Gasteiger partial charge on any atom is -0.496 e. The van der Waals surface area contributed by atoms with Crippen molar-refractivity contribution in [1.29, 1.82) is 0 Å². The minimum absolute atomic E-state index is 0.00835. The van der Waals surface area contributed by atoms with Gasteiger partial charge in [0.2, 0.25) is 5.91 Å². The van der Waals surface area contributed by atoms with E-state index in [1.54, 1.807) is 30.2 Å². The van der Waals surface area contributed by atoms with Gasteiger partial charge in [0.25, 0.3) is 0 Å². The van der Waals surface area contributed by atoms with Gasteiger partial charge in [0.15, 0.2) is 0 Å². The average Bonchev–Trinajstić information content (AvgIpc) is 2.39. The van der Waals surface area contributed by atoms with E-state index in [2.05, 4.69) is 0 Å². The van der Waals surface area contributed by atoms with E-state index in [4.69, 9.17) is 21.4 Å². The van der Waals surface area contributed by atoms with Gasteiger partial charge in [-0.05, 0) is 38.5 Å². The lowest BCUT2D eigenvalue weighted by molar-refractivity contribution is -0.132. The van der Waals surface area contributed by atoms with E-state index in [0.29, 0.717) is 23.7 Å². The maximum absolute atomic E-state index is 12.4. The van der Waals surface area contributed by atoms with Crippen molar-refractivity contribution in [3.05, 3.63) is 28.8 Å². The van der Waals surface area contributed by atoms with Gasteiger partial charge in [-0.3, -0.25) is 4.79 Å². The van der Waals surface area contributed by atoms with Crippen molar-refractivity contribution in [2.45, 2.75) is 32.7 Å². The first-order valence-corrected chi connectivity index (χ1v) is 7.10. The average molecular weight is 300 g/mol. The van der Waals surface area contributed by atoms with Crippen molar-refractivity contribution in [3.8, 4) is 5.75 Å². The van der Waals surface area contributed by atoms with E-state index in [0.717, 1.165) is 5.56 Å². The number of carbonyl (C=O) groups excluding carboxylic acids is 1. The third kappa shape index (κ3) is 4.69. The molecule has 0 atom stereocenters. The van der Waals surface area contributed by atoms with Crippen LogP contribution in [0.3, 0.4) is 0 Å². The fourth-order valence-electron chi connectivity index (χ4n) is 2.06. The number of aliphatic hydroxyl groups is 1. The van der Waals surface area contributed by atoms with E-state index in [1.807, 2.05) is 13.8 Å².